The van der Waals surface area contributed by atoms with Crippen LogP contribution in [0.3, 0.4) is 0 Å². The van der Waals surface area contributed by atoms with Crippen LogP contribution in [0.15, 0.2) is 12.3 Å². The summed E-state index contributed by atoms with van der Waals surface area (Å²) in [6, 6.07) is 1.60. The quantitative estimate of drug-likeness (QED) is 0.738. The summed E-state index contributed by atoms with van der Waals surface area (Å²) >= 11 is 5.71. The Morgan fingerprint density at radius 1 is 1.59 bits per heavy atom. The zero-order valence-corrected chi connectivity index (χ0v) is 11.0. The average molecular weight is 259 g/mol. The number of H-pyrrole nitrogens is 1. The summed E-state index contributed by atoms with van der Waals surface area (Å²) < 4.78 is 5.41. The highest BCUT2D eigenvalue weighted by Crippen LogP contribution is 2.08. The van der Waals surface area contributed by atoms with Crippen molar-refractivity contribution in [1.29, 1.82) is 0 Å². The molecule has 0 bridgehead atoms. The van der Waals surface area contributed by atoms with Gasteiger partial charge in [-0.25, -0.2) is 0 Å². The Labute approximate surface area is 107 Å². The minimum atomic E-state index is -0.138. The average Bonchev–Trinajstić information content (AvgIpc) is 2.69. The number of ether oxygens (including phenoxy) is 1. The number of aromatic nitrogens is 1. The second-order valence-corrected chi connectivity index (χ2v) is 4.75. The van der Waals surface area contributed by atoms with Gasteiger partial charge in [-0.1, -0.05) is 25.4 Å². The summed E-state index contributed by atoms with van der Waals surface area (Å²) in [6.45, 7) is 6.26. The monoisotopic (exact) mass is 258 g/mol. The van der Waals surface area contributed by atoms with Gasteiger partial charge in [0.05, 0.1) is 5.02 Å². The third-order valence-electron chi connectivity index (χ3n) is 2.09. The molecular formula is C12H19ClN2O2. The van der Waals surface area contributed by atoms with Crippen LogP contribution in [-0.4, -0.2) is 30.6 Å². The fraction of sp³-hybridized carbons (Fsp3) is 0.583. The molecule has 0 radical (unpaired) electrons. The molecule has 0 aromatic carbocycles. The molecule has 4 nitrogen and oxygen atoms in total. The Kier molecular flexibility index (Phi) is 6.08. The number of amides is 1. The van der Waals surface area contributed by atoms with Crippen LogP contribution in [-0.2, 0) is 4.74 Å². The smallest absolute Gasteiger partial charge is 0.267 e. The van der Waals surface area contributed by atoms with Gasteiger partial charge in [-0.3, -0.25) is 4.79 Å². The molecule has 1 amide bonds. The summed E-state index contributed by atoms with van der Waals surface area (Å²) in [5.41, 5.74) is 0.484. The highest BCUT2D eigenvalue weighted by molar-refractivity contribution is 6.30. The summed E-state index contributed by atoms with van der Waals surface area (Å²) in [5, 5.41) is 3.33. The van der Waals surface area contributed by atoms with Gasteiger partial charge in [0.15, 0.2) is 0 Å². The second-order valence-electron chi connectivity index (χ2n) is 4.31. The Bertz CT molecular complexity index is 350. The number of hydrogen-bond acceptors (Lipinski definition) is 2. The van der Waals surface area contributed by atoms with Crippen LogP contribution in [0.1, 0.15) is 30.8 Å². The molecule has 17 heavy (non-hydrogen) atoms. The van der Waals surface area contributed by atoms with E-state index in [1.54, 1.807) is 12.3 Å². The molecule has 0 aliphatic rings. The SMILES string of the molecule is CC(C)COCCCNC(=O)c1cc(Cl)c[nH]1. The summed E-state index contributed by atoms with van der Waals surface area (Å²) in [5.74, 6) is 0.409. The van der Waals surface area contributed by atoms with E-state index in [-0.39, 0.29) is 5.91 Å². The molecule has 0 atom stereocenters. The van der Waals surface area contributed by atoms with Crippen LogP contribution in [0.25, 0.3) is 0 Å². The van der Waals surface area contributed by atoms with Crippen molar-refractivity contribution in [2.24, 2.45) is 5.92 Å². The Hall–Kier alpha value is -1.00. The third kappa shape index (κ3) is 5.75. The number of carbonyl (C=O) groups is 1. The van der Waals surface area contributed by atoms with Crippen LogP contribution in [0.4, 0.5) is 0 Å². The predicted molar refractivity (Wildman–Crippen MR) is 68.4 cm³/mol. The molecule has 0 fully saturated rings. The maximum absolute atomic E-state index is 11.6. The zero-order chi connectivity index (χ0) is 12.7. The van der Waals surface area contributed by atoms with E-state index in [0.717, 1.165) is 13.0 Å². The fourth-order valence-electron chi connectivity index (χ4n) is 1.29. The number of rotatable bonds is 7. The standard InChI is InChI=1S/C12H19ClN2O2/c1-9(2)8-17-5-3-4-14-12(16)11-6-10(13)7-15-11/h6-7,9,15H,3-5,8H2,1-2H3,(H,14,16). The molecule has 1 aromatic heterocycles. The van der Waals surface area contributed by atoms with Crippen LogP contribution < -0.4 is 5.32 Å². The second kappa shape index (κ2) is 7.35. The van der Waals surface area contributed by atoms with Crippen LogP contribution in [0.2, 0.25) is 5.02 Å². The summed E-state index contributed by atoms with van der Waals surface area (Å²) in [4.78, 5) is 14.4. The van der Waals surface area contributed by atoms with Gasteiger partial charge in [0.25, 0.3) is 5.91 Å². The van der Waals surface area contributed by atoms with E-state index in [1.807, 2.05) is 0 Å². The van der Waals surface area contributed by atoms with Crippen molar-refractivity contribution >= 4 is 17.5 Å². The van der Waals surface area contributed by atoms with Gasteiger partial charge in [0.1, 0.15) is 5.69 Å². The first-order valence-electron chi connectivity index (χ1n) is 5.79. The zero-order valence-electron chi connectivity index (χ0n) is 10.3. The molecule has 1 rings (SSSR count). The Balaban J connectivity index is 2.09. The van der Waals surface area contributed by atoms with E-state index in [1.165, 1.54) is 0 Å². The molecule has 0 aliphatic carbocycles. The van der Waals surface area contributed by atoms with Crippen molar-refractivity contribution in [2.45, 2.75) is 20.3 Å². The lowest BCUT2D eigenvalue weighted by Crippen LogP contribution is -2.25. The van der Waals surface area contributed by atoms with Crippen molar-refractivity contribution in [1.82, 2.24) is 10.3 Å². The van der Waals surface area contributed by atoms with E-state index in [4.69, 9.17) is 16.3 Å². The van der Waals surface area contributed by atoms with Crippen LogP contribution >= 0.6 is 11.6 Å². The van der Waals surface area contributed by atoms with Crippen LogP contribution in [0, 0.1) is 5.92 Å². The van der Waals surface area contributed by atoms with Gasteiger partial charge < -0.3 is 15.0 Å². The lowest BCUT2D eigenvalue weighted by Gasteiger charge is -2.07. The van der Waals surface area contributed by atoms with Crippen molar-refractivity contribution in [2.75, 3.05) is 19.8 Å². The highest BCUT2D eigenvalue weighted by atomic mass is 35.5. The third-order valence-corrected chi connectivity index (χ3v) is 2.31. The van der Waals surface area contributed by atoms with Crippen molar-refractivity contribution in [3.8, 4) is 0 Å². The van der Waals surface area contributed by atoms with Gasteiger partial charge in [-0.2, -0.15) is 0 Å². The van der Waals surface area contributed by atoms with Crippen molar-refractivity contribution in [3.63, 3.8) is 0 Å². The van der Waals surface area contributed by atoms with Crippen LogP contribution in [0.5, 0.6) is 0 Å². The largest absolute Gasteiger partial charge is 0.381 e. The van der Waals surface area contributed by atoms with Gasteiger partial charge in [-0.05, 0) is 18.4 Å². The van der Waals surface area contributed by atoms with E-state index >= 15 is 0 Å². The highest BCUT2D eigenvalue weighted by Gasteiger charge is 2.06. The van der Waals surface area contributed by atoms with Gasteiger partial charge in [0, 0.05) is 26.0 Å². The molecular weight excluding hydrogens is 240 g/mol. The maximum Gasteiger partial charge on any atom is 0.267 e. The van der Waals surface area contributed by atoms with Crippen molar-refractivity contribution < 1.29 is 9.53 Å². The lowest BCUT2D eigenvalue weighted by atomic mass is 10.2. The minimum absolute atomic E-state index is 0.138. The molecule has 1 aromatic rings. The number of aromatic amines is 1. The number of carbonyl (C=O) groups excluding carboxylic acids is 1. The van der Waals surface area contributed by atoms with E-state index in [9.17, 15) is 4.79 Å². The molecule has 2 N–H and O–H groups in total. The molecule has 0 aliphatic heterocycles. The first-order valence-corrected chi connectivity index (χ1v) is 6.17. The molecule has 96 valence electrons. The molecule has 5 heteroatoms. The predicted octanol–water partition coefficient (Wildman–Crippen LogP) is 2.46. The first kappa shape index (κ1) is 14.1. The van der Waals surface area contributed by atoms with Crippen molar-refractivity contribution in [3.05, 3.63) is 23.0 Å². The number of hydrogen-bond donors (Lipinski definition) is 2. The first-order chi connectivity index (χ1) is 8.09. The molecule has 0 saturated carbocycles. The molecule has 0 spiro atoms. The van der Waals surface area contributed by atoms with Gasteiger partial charge in [0.2, 0.25) is 0 Å². The maximum atomic E-state index is 11.6. The number of nitrogens with one attached hydrogen (secondary N) is 2. The normalized spacial score (nSPS) is 10.8. The molecule has 0 unspecified atom stereocenters. The fourth-order valence-corrected chi connectivity index (χ4v) is 1.45. The summed E-state index contributed by atoms with van der Waals surface area (Å²) in [6.07, 6.45) is 2.40. The van der Waals surface area contributed by atoms with E-state index in [0.29, 0.717) is 29.8 Å². The minimum Gasteiger partial charge on any atom is -0.381 e. The van der Waals surface area contributed by atoms with Gasteiger partial charge >= 0.3 is 0 Å². The van der Waals surface area contributed by atoms with Gasteiger partial charge in [-0.15, -0.1) is 0 Å². The Morgan fingerprint density at radius 2 is 2.35 bits per heavy atom. The van der Waals surface area contributed by atoms with E-state index in [2.05, 4.69) is 24.1 Å². The molecule has 1 heterocycles. The van der Waals surface area contributed by atoms with E-state index < -0.39 is 0 Å². The molecule has 0 saturated heterocycles. The Morgan fingerprint density at radius 3 is 2.94 bits per heavy atom. The topological polar surface area (TPSA) is 54.1 Å². The summed E-state index contributed by atoms with van der Waals surface area (Å²) in [7, 11) is 0. The number of halogens is 1. The lowest BCUT2D eigenvalue weighted by molar-refractivity contribution is 0.0921.